The summed E-state index contributed by atoms with van der Waals surface area (Å²) in [6, 6.07) is 10.3. The largest absolute Gasteiger partial charge is 0.505 e. The first-order chi connectivity index (χ1) is 9.08. The van der Waals surface area contributed by atoms with Crippen molar-refractivity contribution in [3.63, 3.8) is 0 Å². The van der Waals surface area contributed by atoms with E-state index in [1.807, 2.05) is 25.1 Å². The number of nitrogens with zero attached hydrogens (tertiary/aromatic N) is 1. The van der Waals surface area contributed by atoms with Crippen molar-refractivity contribution in [1.29, 1.82) is 0 Å². The number of hydrogen-bond acceptors (Lipinski definition) is 4. The zero-order valence-electron chi connectivity index (χ0n) is 10.6. The summed E-state index contributed by atoms with van der Waals surface area (Å²) in [6.45, 7) is 2.18. The van der Waals surface area contributed by atoms with Crippen LogP contribution in [0.15, 0.2) is 36.4 Å². The molecule has 0 aliphatic heterocycles. The highest BCUT2D eigenvalue weighted by molar-refractivity contribution is 5.98. The molecule has 0 saturated heterocycles. The van der Waals surface area contributed by atoms with E-state index >= 15 is 0 Å². The Bertz CT molecular complexity index is 611. The number of nitrogens with two attached hydrogens (primary N) is 1. The number of amides is 1. The van der Waals surface area contributed by atoms with Crippen LogP contribution in [0.1, 0.15) is 21.7 Å². The Morgan fingerprint density at radius 2 is 2.05 bits per heavy atom. The van der Waals surface area contributed by atoms with Gasteiger partial charge in [-0.2, -0.15) is 0 Å². The molecule has 0 aliphatic rings. The smallest absolute Gasteiger partial charge is 0.255 e. The molecule has 1 amide bonds. The van der Waals surface area contributed by atoms with E-state index in [1.54, 1.807) is 6.07 Å². The summed E-state index contributed by atoms with van der Waals surface area (Å²) in [5, 5.41) is 12.4. The lowest BCUT2D eigenvalue weighted by atomic mass is 10.1. The number of rotatable bonds is 3. The first-order valence-corrected chi connectivity index (χ1v) is 5.86. The molecule has 0 spiro atoms. The van der Waals surface area contributed by atoms with Crippen molar-refractivity contribution in [2.24, 2.45) is 0 Å². The summed E-state index contributed by atoms with van der Waals surface area (Å²) in [4.78, 5) is 16.2. The predicted molar refractivity (Wildman–Crippen MR) is 72.7 cm³/mol. The van der Waals surface area contributed by atoms with Gasteiger partial charge in [0, 0.05) is 5.69 Å². The normalized spacial score (nSPS) is 10.2. The Labute approximate surface area is 111 Å². The third-order valence-corrected chi connectivity index (χ3v) is 2.69. The zero-order chi connectivity index (χ0) is 13.8. The van der Waals surface area contributed by atoms with Crippen LogP contribution in [0.25, 0.3) is 0 Å². The number of pyridine rings is 1. The van der Waals surface area contributed by atoms with Gasteiger partial charge in [-0.15, -0.1) is 0 Å². The van der Waals surface area contributed by atoms with Crippen molar-refractivity contribution < 1.29 is 9.90 Å². The van der Waals surface area contributed by atoms with Gasteiger partial charge >= 0.3 is 0 Å². The summed E-state index contributed by atoms with van der Waals surface area (Å²) in [7, 11) is 0. The van der Waals surface area contributed by atoms with Gasteiger partial charge in [0.05, 0.1) is 23.5 Å². The maximum atomic E-state index is 11.9. The van der Waals surface area contributed by atoms with Crippen LogP contribution in [0, 0.1) is 6.92 Å². The summed E-state index contributed by atoms with van der Waals surface area (Å²) in [5.41, 5.74) is 7.53. The molecular formula is C14H15N3O2. The maximum absolute atomic E-state index is 11.9. The number of phenols is 1. The molecule has 5 nitrogen and oxygen atoms in total. The SMILES string of the molecule is Cc1cccc(CNC(=O)c2cccc(N)c2O)n1. The highest BCUT2D eigenvalue weighted by Crippen LogP contribution is 2.24. The average Bonchev–Trinajstić information content (AvgIpc) is 2.39. The number of para-hydroxylation sites is 1. The lowest BCUT2D eigenvalue weighted by Gasteiger charge is -2.08. The standard InChI is InChI=1S/C14H15N3O2/c1-9-4-2-5-10(17-9)8-16-14(19)11-6-3-7-12(15)13(11)18/h2-7,18H,8,15H2,1H3,(H,16,19). The van der Waals surface area contributed by atoms with Crippen LogP contribution in [0.4, 0.5) is 5.69 Å². The van der Waals surface area contributed by atoms with Gasteiger partial charge in [-0.3, -0.25) is 9.78 Å². The van der Waals surface area contributed by atoms with Gasteiger partial charge < -0.3 is 16.2 Å². The van der Waals surface area contributed by atoms with E-state index in [2.05, 4.69) is 10.3 Å². The van der Waals surface area contributed by atoms with Gasteiger partial charge in [0.15, 0.2) is 5.75 Å². The van der Waals surface area contributed by atoms with Crippen LogP contribution in [0.2, 0.25) is 0 Å². The maximum Gasteiger partial charge on any atom is 0.255 e. The molecule has 5 heteroatoms. The number of benzene rings is 1. The van der Waals surface area contributed by atoms with Gasteiger partial charge in [0.2, 0.25) is 0 Å². The Morgan fingerprint density at radius 1 is 1.32 bits per heavy atom. The summed E-state index contributed by atoms with van der Waals surface area (Å²) < 4.78 is 0. The average molecular weight is 257 g/mol. The molecule has 1 aromatic heterocycles. The molecule has 0 fully saturated rings. The van der Waals surface area contributed by atoms with E-state index in [4.69, 9.17) is 5.73 Å². The van der Waals surface area contributed by atoms with E-state index in [1.165, 1.54) is 12.1 Å². The number of aromatic hydroxyl groups is 1. The van der Waals surface area contributed by atoms with Crippen LogP contribution < -0.4 is 11.1 Å². The van der Waals surface area contributed by atoms with Crippen LogP contribution >= 0.6 is 0 Å². The number of nitrogen functional groups attached to an aromatic ring is 1. The Morgan fingerprint density at radius 3 is 2.79 bits per heavy atom. The van der Waals surface area contributed by atoms with E-state index in [9.17, 15) is 9.90 Å². The summed E-state index contributed by atoms with van der Waals surface area (Å²) in [5.74, 6) is -0.578. The molecule has 19 heavy (non-hydrogen) atoms. The fourth-order valence-electron chi connectivity index (χ4n) is 1.71. The molecular weight excluding hydrogens is 242 g/mol. The van der Waals surface area contributed by atoms with Crippen molar-refractivity contribution in [3.05, 3.63) is 53.3 Å². The van der Waals surface area contributed by atoms with Gasteiger partial charge in [-0.05, 0) is 31.2 Å². The molecule has 0 radical (unpaired) electrons. The first kappa shape index (κ1) is 12.9. The quantitative estimate of drug-likeness (QED) is 0.575. The molecule has 1 aromatic carbocycles. The molecule has 0 bridgehead atoms. The highest BCUT2D eigenvalue weighted by Gasteiger charge is 2.12. The zero-order valence-corrected chi connectivity index (χ0v) is 10.6. The first-order valence-electron chi connectivity index (χ1n) is 5.86. The van der Waals surface area contributed by atoms with Gasteiger partial charge in [-0.1, -0.05) is 12.1 Å². The number of nitrogens with one attached hydrogen (secondary N) is 1. The number of phenolic OH excluding ortho intramolecular Hbond substituents is 1. The fraction of sp³-hybridized carbons (Fsp3) is 0.143. The molecule has 0 aliphatic carbocycles. The lowest BCUT2D eigenvalue weighted by molar-refractivity contribution is 0.0948. The number of aromatic nitrogens is 1. The number of aryl methyl sites for hydroxylation is 1. The predicted octanol–water partition coefficient (Wildman–Crippen LogP) is 1.61. The van der Waals surface area contributed by atoms with Crippen molar-refractivity contribution in [2.75, 3.05) is 5.73 Å². The van der Waals surface area contributed by atoms with E-state index in [0.717, 1.165) is 11.4 Å². The number of anilines is 1. The second kappa shape index (κ2) is 5.39. The molecule has 98 valence electrons. The Kier molecular flexibility index (Phi) is 3.66. The molecule has 0 unspecified atom stereocenters. The minimum atomic E-state index is -0.381. The third-order valence-electron chi connectivity index (χ3n) is 2.69. The van der Waals surface area contributed by atoms with Gasteiger partial charge in [0.1, 0.15) is 0 Å². The molecule has 0 atom stereocenters. The minimum Gasteiger partial charge on any atom is -0.505 e. The lowest BCUT2D eigenvalue weighted by Crippen LogP contribution is -2.23. The van der Waals surface area contributed by atoms with Gasteiger partial charge in [-0.25, -0.2) is 0 Å². The molecule has 1 heterocycles. The molecule has 0 saturated carbocycles. The van der Waals surface area contributed by atoms with Crippen LogP contribution in [0.5, 0.6) is 5.75 Å². The van der Waals surface area contributed by atoms with Gasteiger partial charge in [0.25, 0.3) is 5.91 Å². The molecule has 2 rings (SSSR count). The van der Waals surface area contributed by atoms with E-state index in [-0.39, 0.29) is 22.9 Å². The number of carbonyl (C=O) groups excluding carboxylic acids is 1. The number of hydrogen-bond donors (Lipinski definition) is 3. The Hall–Kier alpha value is -2.56. The van der Waals surface area contributed by atoms with Crippen LogP contribution in [-0.2, 0) is 6.54 Å². The Balaban J connectivity index is 2.08. The van der Waals surface area contributed by atoms with Crippen molar-refractivity contribution in [2.45, 2.75) is 13.5 Å². The third kappa shape index (κ3) is 3.01. The fourth-order valence-corrected chi connectivity index (χ4v) is 1.71. The summed E-state index contributed by atoms with van der Waals surface area (Å²) in [6.07, 6.45) is 0. The second-order valence-corrected chi connectivity index (χ2v) is 4.20. The van der Waals surface area contributed by atoms with E-state index < -0.39 is 0 Å². The molecule has 2 aromatic rings. The highest BCUT2D eigenvalue weighted by atomic mass is 16.3. The topological polar surface area (TPSA) is 88.2 Å². The monoisotopic (exact) mass is 257 g/mol. The minimum absolute atomic E-state index is 0.160. The van der Waals surface area contributed by atoms with Crippen LogP contribution in [0.3, 0.4) is 0 Å². The van der Waals surface area contributed by atoms with E-state index in [0.29, 0.717) is 6.54 Å². The van der Waals surface area contributed by atoms with Crippen molar-refractivity contribution in [1.82, 2.24) is 10.3 Å². The molecule has 4 N–H and O–H groups in total. The second-order valence-electron chi connectivity index (χ2n) is 4.20. The summed E-state index contributed by atoms with van der Waals surface area (Å²) >= 11 is 0. The number of carbonyl (C=O) groups is 1. The van der Waals surface area contributed by atoms with Crippen molar-refractivity contribution in [3.8, 4) is 5.75 Å². The van der Waals surface area contributed by atoms with Crippen LogP contribution in [-0.4, -0.2) is 16.0 Å². The van der Waals surface area contributed by atoms with Crippen molar-refractivity contribution >= 4 is 11.6 Å².